The molecule has 4 heavy (non-hydrogen) atoms. The predicted octanol–water partition coefficient (Wildman–Crippen LogP) is -1.81. The first-order valence-electron chi connectivity index (χ1n) is 1.49. The second-order valence-electron chi connectivity index (χ2n) is 0.667. The third-order valence-corrected chi connectivity index (χ3v) is 3.00. The fourth-order valence-electron chi connectivity index (χ4n) is 0. The molecular weight excluding hydrogens is 80.2 g/mol. The first-order valence-corrected chi connectivity index (χ1v) is 3.80. The van der Waals surface area contributed by atoms with E-state index in [0.29, 0.717) is 0 Å². The van der Waals surface area contributed by atoms with Crippen molar-refractivity contribution < 1.29 is 0 Å². The van der Waals surface area contributed by atoms with Gasteiger partial charge in [0.2, 0.25) is 0 Å². The van der Waals surface area contributed by atoms with Gasteiger partial charge in [0.1, 0.15) is 0 Å². The van der Waals surface area contributed by atoms with Gasteiger partial charge in [0, 0.05) is 20.5 Å². The molecule has 0 atom stereocenters. The minimum atomic E-state index is 1.24. The quantitative estimate of drug-likeness (QED) is 0.306. The van der Waals surface area contributed by atoms with Gasteiger partial charge in [-0.1, -0.05) is 0 Å². The molecule has 0 saturated carbocycles. The van der Waals surface area contributed by atoms with Crippen LogP contribution in [0.3, 0.4) is 0 Å². The molecule has 0 aliphatic carbocycles. The van der Waals surface area contributed by atoms with Crippen LogP contribution >= 0.6 is 0 Å². The van der Waals surface area contributed by atoms with Crippen molar-refractivity contribution in [2.75, 3.05) is 0 Å². The smallest absolute Gasteiger partial charge is 0.0281 e. The maximum absolute atomic E-state index is 2.20. The first-order chi connectivity index (χ1) is 1.91. The summed E-state index contributed by atoms with van der Waals surface area (Å²) in [6.45, 7) is 0. The summed E-state index contributed by atoms with van der Waals surface area (Å²) in [5, 5.41) is 0. The molecule has 0 bridgehead atoms. The van der Waals surface area contributed by atoms with E-state index in [4.69, 9.17) is 0 Å². The SMILES string of the molecule is [SiH3]C=C[SiH3]. The molecule has 0 N–H and O–H groups in total. The lowest BCUT2D eigenvalue weighted by Crippen LogP contribution is -1.47. The molecule has 0 rings (SSSR count). The van der Waals surface area contributed by atoms with E-state index < -0.39 is 0 Å². The van der Waals surface area contributed by atoms with E-state index in [1.54, 1.807) is 0 Å². The number of hydrogen-bond donors (Lipinski definition) is 0. The highest BCUT2D eigenvalue weighted by atomic mass is 28.2. The van der Waals surface area contributed by atoms with Gasteiger partial charge in [0.15, 0.2) is 0 Å². The normalized spacial score (nSPS) is 11.0. The Hall–Kier alpha value is 0.174. The third kappa shape index (κ3) is 2.17. The summed E-state index contributed by atoms with van der Waals surface area (Å²) in [4.78, 5) is 0. The molecular formula is C2H8Si2. The van der Waals surface area contributed by atoms with E-state index in [2.05, 4.69) is 11.4 Å². The predicted molar refractivity (Wildman–Crippen MR) is 29.0 cm³/mol. The van der Waals surface area contributed by atoms with Crippen LogP contribution in [0.4, 0.5) is 0 Å². The zero-order valence-corrected chi connectivity index (χ0v) is 7.15. The van der Waals surface area contributed by atoms with Gasteiger partial charge in [0.05, 0.1) is 0 Å². The van der Waals surface area contributed by atoms with Gasteiger partial charge >= 0.3 is 0 Å². The summed E-state index contributed by atoms with van der Waals surface area (Å²) in [5.74, 6) is 0. The van der Waals surface area contributed by atoms with Crippen molar-refractivity contribution in [3.63, 3.8) is 0 Å². The van der Waals surface area contributed by atoms with Gasteiger partial charge in [-0.2, -0.15) is 0 Å². The van der Waals surface area contributed by atoms with E-state index in [0.717, 1.165) is 0 Å². The number of rotatable bonds is 0. The van der Waals surface area contributed by atoms with E-state index >= 15 is 0 Å². The highest BCUT2D eigenvalue weighted by Crippen LogP contribution is 1.42. The van der Waals surface area contributed by atoms with E-state index in [1.807, 2.05) is 0 Å². The lowest BCUT2D eigenvalue weighted by atomic mass is 11.2. The molecule has 0 aliphatic heterocycles. The summed E-state index contributed by atoms with van der Waals surface area (Å²) in [5.41, 5.74) is 4.40. The second kappa shape index (κ2) is 3.17. The zero-order valence-electron chi connectivity index (χ0n) is 3.15. The summed E-state index contributed by atoms with van der Waals surface area (Å²) >= 11 is 0. The fraction of sp³-hybridized carbons (Fsp3) is 0. The Balaban J connectivity index is 2.55. The molecule has 0 nitrogen and oxygen atoms in total. The first kappa shape index (κ1) is 4.17. The Bertz CT molecular complexity index is 19.2. The molecule has 0 spiro atoms. The molecule has 0 saturated heterocycles. The summed E-state index contributed by atoms with van der Waals surface area (Å²) < 4.78 is 0. The van der Waals surface area contributed by atoms with Gasteiger partial charge in [0.25, 0.3) is 0 Å². The minimum absolute atomic E-state index is 1.24. The van der Waals surface area contributed by atoms with Crippen molar-refractivity contribution >= 4 is 20.5 Å². The fourth-order valence-corrected chi connectivity index (χ4v) is 0. The van der Waals surface area contributed by atoms with Gasteiger partial charge in [-0.15, -0.1) is 11.4 Å². The molecule has 0 aliphatic rings. The van der Waals surface area contributed by atoms with Crippen molar-refractivity contribution in [3.8, 4) is 0 Å². The van der Waals surface area contributed by atoms with Gasteiger partial charge in [-0.3, -0.25) is 0 Å². The second-order valence-corrected chi connectivity index (χ2v) is 2.00. The van der Waals surface area contributed by atoms with Crippen LogP contribution in [0.15, 0.2) is 11.4 Å². The Morgan fingerprint density at radius 3 is 1.25 bits per heavy atom. The zero-order chi connectivity index (χ0) is 3.41. The maximum Gasteiger partial charge on any atom is 0.0281 e. The molecule has 0 aromatic heterocycles. The molecule has 0 aromatic carbocycles. The maximum atomic E-state index is 2.20. The average Bonchev–Trinajstić information content (AvgIpc) is 1.37. The van der Waals surface area contributed by atoms with E-state index in [1.165, 1.54) is 20.5 Å². The average molecular weight is 88.3 g/mol. The Labute approximate surface area is 32.8 Å². The van der Waals surface area contributed by atoms with Crippen LogP contribution in [0.5, 0.6) is 0 Å². The molecule has 0 radical (unpaired) electrons. The standard InChI is InChI=1S/C2H8Si2/c3-1-2-4/h1-2H,3-4H3. The van der Waals surface area contributed by atoms with Gasteiger partial charge < -0.3 is 0 Å². The number of hydrogen-bond acceptors (Lipinski definition) is 0. The van der Waals surface area contributed by atoms with Gasteiger partial charge in [-0.25, -0.2) is 0 Å². The van der Waals surface area contributed by atoms with Crippen LogP contribution in [0.25, 0.3) is 0 Å². The molecule has 0 amide bonds. The van der Waals surface area contributed by atoms with Crippen molar-refractivity contribution in [3.05, 3.63) is 11.4 Å². The van der Waals surface area contributed by atoms with Crippen LogP contribution in [0, 0.1) is 0 Å². The van der Waals surface area contributed by atoms with Crippen molar-refractivity contribution in [2.45, 2.75) is 0 Å². The van der Waals surface area contributed by atoms with Crippen LogP contribution in [-0.4, -0.2) is 20.5 Å². The lowest BCUT2D eigenvalue weighted by molar-refractivity contribution is 2.50. The van der Waals surface area contributed by atoms with E-state index in [-0.39, 0.29) is 0 Å². The van der Waals surface area contributed by atoms with Crippen molar-refractivity contribution in [2.24, 2.45) is 0 Å². The molecule has 0 aromatic rings. The molecule has 0 unspecified atom stereocenters. The third-order valence-electron chi connectivity index (χ3n) is 0.333. The van der Waals surface area contributed by atoms with Crippen LogP contribution in [0.1, 0.15) is 0 Å². The molecule has 2 heteroatoms. The Morgan fingerprint density at radius 2 is 1.25 bits per heavy atom. The van der Waals surface area contributed by atoms with E-state index in [9.17, 15) is 0 Å². The minimum Gasteiger partial charge on any atom is -0.114 e. The van der Waals surface area contributed by atoms with Crippen LogP contribution in [-0.2, 0) is 0 Å². The van der Waals surface area contributed by atoms with Crippen molar-refractivity contribution in [1.82, 2.24) is 0 Å². The molecule has 0 fully saturated rings. The summed E-state index contributed by atoms with van der Waals surface area (Å²) in [7, 11) is 2.49. The lowest BCUT2D eigenvalue weighted by Gasteiger charge is -1.48. The topological polar surface area (TPSA) is 0 Å². The van der Waals surface area contributed by atoms with Crippen LogP contribution in [0.2, 0.25) is 0 Å². The monoisotopic (exact) mass is 88.0 g/mol. The summed E-state index contributed by atoms with van der Waals surface area (Å²) in [6, 6.07) is 0. The largest absolute Gasteiger partial charge is 0.114 e. The Morgan fingerprint density at radius 1 is 1.00 bits per heavy atom. The molecule has 24 valence electrons. The molecule has 0 heterocycles. The van der Waals surface area contributed by atoms with Crippen LogP contribution < -0.4 is 0 Å². The Kier molecular flexibility index (Phi) is 3.31. The highest BCUT2D eigenvalue weighted by molar-refractivity contribution is 6.25. The highest BCUT2D eigenvalue weighted by Gasteiger charge is 1.35. The van der Waals surface area contributed by atoms with Crippen molar-refractivity contribution in [1.29, 1.82) is 0 Å². The van der Waals surface area contributed by atoms with Gasteiger partial charge in [-0.05, 0) is 0 Å². The summed E-state index contributed by atoms with van der Waals surface area (Å²) in [6.07, 6.45) is 0.